The van der Waals surface area contributed by atoms with Crippen LogP contribution >= 0.6 is 0 Å². The summed E-state index contributed by atoms with van der Waals surface area (Å²) in [7, 11) is -4.13. The highest BCUT2D eigenvalue weighted by Crippen LogP contribution is 2.36. The Labute approximate surface area is 184 Å². The van der Waals surface area contributed by atoms with E-state index in [1.54, 1.807) is 32.0 Å². The fraction of sp³-hybridized carbons (Fsp3) is 0.300. The molecule has 1 aromatic heterocycles. The zero-order valence-corrected chi connectivity index (χ0v) is 18.2. The number of aromatic carboxylic acids is 1. The lowest BCUT2D eigenvalue weighted by Crippen LogP contribution is -2.60. The minimum Gasteiger partial charge on any atom is -0.478 e. The van der Waals surface area contributed by atoms with Crippen molar-refractivity contribution in [3.05, 3.63) is 53.9 Å². The normalized spacial score (nSPS) is 15.3. The molecule has 12 heteroatoms. The third kappa shape index (κ3) is 4.14. The largest absolute Gasteiger partial charge is 0.478 e. The molecule has 32 heavy (non-hydrogen) atoms. The van der Waals surface area contributed by atoms with Gasteiger partial charge in [-0.05, 0) is 59.7 Å². The van der Waals surface area contributed by atoms with Gasteiger partial charge in [0.2, 0.25) is 0 Å². The molecule has 1 aliphatic rings. The van der Waals surface area contributed by atoms with Crippen LogP contribution in [0.15, 0.2) is 47.6 Å². The molecule has 11 nitrogen and oxygen atoms in total. The van der Waals surface area contributed by atoms with Crippen molar-refractivity contribution in [1.29, 1.82) is 0 Å². The fourth-order valence-electron chi connectivity index (χ4n) is 3.68. The number of sulfonamides is 1. The van der Waals surface area contributed by atoms with Crippen LogP contribution < -0.4 is 9.62 Å². The van der Waals surface area contributed by atoms with Crippen LogP contribution in [0.2, 0.25) is 0 Å². The SMILES string of the molecule is CCc1ccc(C(=O)O)cc1S(=O)(=O)Nc1cc(-n2cnnn2)ccc1N1CC(C)(O)C1. The number of benzene rings is 2. The number of aromatic nitrogens is 4. The van der Waals surface area contributed by atoms with E-state index in [0.29, 0.717) is 36.4 Å². The van der Waals surface area contributed by atoms with E-state index in [1.807, 2.05) is 4.90 Å². The summed E-state index contributed by atoms with van der Waals surface area (Å²) in [5.41, 5.74) is 0.867. The highest BCUT2D eigenvalue weighted by atomic mass is 32.2. The summed E-state index contributed by atoms with van der Waals surface area (Å²) in [5, 5.41) is 30.5. The van der Waals surface area contributed by atoms with Crippen molar-refractivity contribution in [2.45, 2.75) is 30.8 Å². The Balaban J connectivity index is 1.77. The summed E-state index contributed by atoms with van der Waals surface area (Å²) in [6.07, 6.45) is 1.79. The molecule has 1 fully saturated rings. The predicted molar refractivity (Wildman–Crippen MR) is 116 cm³/mol. The maximum atomic E-state index is 13.3. The fourth-order valence-corrected chi connectivity index (χ4v) is 5.08. The van der Waals surface area contributed by atoms with Crippen molar-refractivity contribution < 1.29 is 23.4 Å². The Hall–Kier alpha value is -3.51. The number of nitrogens with zero attached hydrogens (tertiary/aromatic N) is 5. The van der Waals surface area contributed by atoms with Gasteiger partial charge in [-0.1, -0.05) is 13.0 Å². The number of hydrogen-bond acceptors (Lipinski definition) is 8. The standard InChI is InChI=1S/C20H22N6O5S/c1-3-13-4-5-14(19(27)28)8-18(13)32(30,31)22-16-9-15(26-12-21-23-24-26)6-7-17(16)25-10-20(2,29)11-25/h4-9,12,22,29H,3,10-11H2,1-2H3,(H,27,28). The average Bonchev–Trinajstić information content (AvgIpc) is 3.26. The molecule has 0 atom stereocenters. The van der Waals surface area contributed by atoms with Crippen LogP contribution in [-0.2, 0) is 16.4 Å². The molecule has 0 aliphatic carbocycles. The third-order valence-corrected chi connectivity index (χ3v) is 6.67. The molecule has 1 saturated heterocycles. The summed E-state index contributed by atoms with van der Waals surface area (Å²) in [5.74, 6) is -1.21. The van der Waals surface area contributed by atoms with Crippen LogP contribution in [0.1, 0.15) is 29.8 Å². The summed E-state index contributed by atoms with van der Waals surface area (Å²) >= 11 is 0. The van der Waals surface area contributed by atoms with Crippen molar-refractivity contribution in [2.75, 3.05) is 22.7 Å². The van der Waals surface area contributed by atoms with Crippen LogP contribution in [0.3, 0.4) is 0 Å². The third-order valence-electron chi connectivity index (χ3n) is 5.23. The number of aliphatic hydroxyl groups is 1. The highest BCUT2D eigenvalue weighted by molar-refractivity contribution is 7.92. The van der Waals surface area contributed by atoms with E-state index in [9.17, 15) is 23.4 Å². The molecule has 1 aliphatic heterocycles. The molecule has 0 spiro atoms. The number of anilines is 2. The quantitative estimate of drug-likeness (QED) is 0.476. The van der Waals surface area contributed by atoms with Crippen molar-refractivity contribution in [2.24, 2.45) is 0 Å². The Bertz CT molecular complexity index is 1270. The average molecular weight is 459 g/mol. The molecule has 0 saturated carbocycles. The lowest BCUT2D eigenvalue weighted by molar-refractivity contribution is 0.0311. The van der Waals surface area contributed by atoms with Gasteiger partial charge in [0.15, 0.2) is 0 Å². The smallest absolute Gasteiger partial charge is 0.335 e. The number of carboxylic acid groups (broad SMARTS) is 1. The van der Waals surface area contributed by atoms with Crippen LogP contribution in [-0.4, -0.2) is 63.5 Å². The number of nitrogens with one attached hydrogen (secondary N) is 1. The zero-order chi connectivity index (χ0) is 23.1. The van der Waals surface area contributed by atoms with E-state index in [1.165, 1.54) is 23.1 Å². The van der Waals surface area contributed by atoms with Crippen molar-refractivity contribution >= 4 is 27.4 Å². The summed E-state index contributed by atoms with van der Waals surface area (Å²) in [6.45, 7) is 4.16. The molecular weight excluding hydrogens is 436 g/mol. The van der Waals surface area contributed by atoms with Crippen molar-refractivity contribution in [1.82, 2.24) is 20.2 Å². The van der Waals surface area contributed by atoms with Gasteiger partial charge in [0.25, 0.3) is 10.0 Å². The first-order valence-corrected chi connectivity index (χ1v) is 11.3. The van der Waals surface area contributed by atoms with E-state index < -0.39 is 21.6 Å². The second kappa shape index (κ2) is 7.88. The van der Waals surface area contributed by atoms with Crippen LogP contribution in [0.5, 0.6) is 0 Å². The predicted octanol–water partition coefficient (Wildman–Crippen LogP) is 1.29. The molecule has 0 radical (unpaired) electrons. The molecular formula is C20H22N6O5S. The van der Waals surface area contributed by atoms with Crippen LogP contribution in [0, 0.1) is 0 Å². The number of carboxylic acids is 1. The van der Waals surface area contributed by atoms with E-state index in [-0.39, 0.29) is 16.1 Å². The van der Waals surface area contributed by atoms with E-state index in [4.69, 9.17) is 0 Å². The molecule has 168 valence electrons. The molecule has 2 aromatic carbocycles. The number of aryl methyl sites for hydroxylation is 1. The molecule has 0 amide bonds. The zero-order valence-electron chi connectivity index (χ0n) is 17.4. The molecule has 0 unspecified atom stereocenters. The molecule has 0 bridgehead atoms. The topological polar surface area (TPSA) is 151 Å². The second-order valence-electron chi connectivity index (χ2n) is 7.90. The Morgan fingerprint density at radius 3 is 2.56 bits per heavy atom. The van der Waals surface area contributed by atoms with Gasteiger partial charge in [0.05, 0.1) is 33.1 Å². The number of carbonyl (C=O) groups is 1. The Morgan fingerprint density at radius 2 is 1.97 bits per heavy atom. The molecule has 3 aromatic rings. The highest BCUT2D eigenvalue weighted by Gasteiger charge is 2.38. The summed E-state index contributed by atoms with van der Waals surface area (Å²) in [4.78, 5) is 13.1. The maximum Gasteiger partial charge on any atom is 0.335 e. The van der Waals surface area contributed by atoms with E-state index in [2.05, 4.69) is 20.2 Å². The van der Waals surface area contributed by atoms with Gasteiger partial charge in [0.1, 0.15) is 6.33 Å². The second-order valence-corrected chi connectivity index (χ2v) is 9.55. The number of tetrazole rings is 1. The van der Waals surface area contributed by atoms with Crippen LogP contribution in [0.4, 0.5) is 11.4 Å². The van der Waals surface area contributed by atoms with E-state index >= 15 is 0 Å². The maximum absolute atomic E-state index is 13.3. The molecule has 2 heterocycles. The minimum atomic E-state index is -4.13. The number of hydrogen-bond donors (Lipinski definition) is 3. The lowest BCUT2D eigenvalue weighted by Gasteiger charge is -2.46. The van der Waals surface area contributed by atoms with Crippen LogP contribution in [0.25, 0.3) is 5.69 Å². The van der Waals surface area contributed by atoms with Gasteiger partial charge in [-0.2, -0.15) is 0 Å². The van der Waals surface area contributed by atoms with Gasteiger partial charge in [0, 0.05) is 13.1 Å². The van der Waals surface area contributed by atoms with Gasteiger partial charge in [-0.3, -0.25) is 4.72 Å². The van der Waals surface area contributed by atoms with E-state index in [0.717, 1.165) is 6.07 Å². The van der Waals surface area contributed by atoms with Gasteiger partial charge in [-0.15, -0.1) is 5.10 Å². The first-order valence-electron chi connectivity index (χ1n) is 9.83. The summed E-state index contributed by atoms with van der Waals surface area (Å²) < 4.78 is 30.7. The Kier molecular flexibility index (Phi) is 5.34. The van der Waals surface area contributed by atoms with Gasteiger partial charge >= 0.3 is 5.97 Å². The number of β-amino-alcohol motifs (C(OH)–C–C–N with tert-alkyl or cyclic N) is 1. The van der Waals surface area contributed by atoms with Gasteiger partial charge in [-0.25, -0.2) is 17.9 Å². The van der Waals surface area contributed by atoms with Crippen molar-refractivity contribution in [3.63, 3.8) is 0 Å². The van der Waals surface area contributed by atoms with Gasteiger partial charge < -0.3 is 15.1 Å². The minimum absolute atomic E-state index is 0.103. The summed E-state index contributed by atoms with van der Waals surface area (Å²) in [6, 6.07) is 9.08. The monoisotopic (exact) mass is 458 g/mol. The van der Waals surface area contributed by atoms with Crippen molar-refractivity contribution in [3.8, 4) is 5.69 Å². The first-order chi connectivity index (χ1) is 15.1. The number of rotatable bonds is 7. The molecule has 3 N–H and O–H groups in total. The molecule has 4 rings (SSSR count). The first kappa shape index (κ1) is 21.7. The lowest BCUT2D eigenvalue weighted by atomic mass is 9.96. The Morgan fingerprint density at radius 1 is 1.22 bits per heavy atom.